The molecule has 0 unspecified atom stereocenters. The van der Waals surface area contributed by atoms with Gasteiger partial charge in [-0.3, -0.25) is 9.59 Å². The van der Waals surface area contributed by atoms with Gasteiger partial charge in [0.2, 0.25) is 5.91 Å². The van der Waals surface area contributed by atoms with E-state index in [0.29, 0.717) is 18.7 Å². The first-order valence-corrected chi connectivity index (χ1v) is 9.71. The Morgan fingerprint density at radius 3 is 2.67 bits per heavy atom. The van der Waals surface area contributed by atoms with E-state index in [0.717, 1.165) is 36.9 Å². The van der Waals surface area contributed by atoms with Crippen LogP contribution in [0.3, 0.4) is 0 Å². The highest BCUT2D eigenvalue weighted by atomic mass is 16.2. The Morgan fingerprint density at radius 2 is 1.85 bits per heavy atom. The molecular weight excluding hydrogens is 336 g/mol. The zero-order chi connectivity index (χ0) is 19.0. The highest BCUT2D eigenvalue weighted by molar-refractivity contribution is 5.96. The third-order valence-corrected chi connectivity index (χ3v) is 6.16. The van der Waals surface area contributed by atoms with Crippen LogP contribution in [0.5, 0.6) is 0 Å². The maximum Gasteiger partial charge on any atom is 0.253 e. The van der Waals surface area contributed by atoms with Crippen molar-refractivity contribution >= 4 is 11.8 Å². The molecule has 2 amide bonds. The molecule has 4 nitrogen and oxygen atoms in total. The molecule has 0 aromatic heterocycles. The van der Waals surface area contributed by atoms with E-state index in [1.54, 1.807) is 0 Å². The molecule has 2 aromatic carbocycles. The molecule has 1 atom stereocenters. The lowest BCUT2D eigenvalue weighted by molar-refractivity contribution is -0.143. The molecule has 0 saturated carbocycles. The zero-order valence-corrected chi connectivity index (χ0v) is 16.1. The zero-order valence-electron chi connectivity index (χ0n) is 16.1. The van der Waals surface area contributed by atoms with Crippen molar-refractivity contribution in [3.63, 3.8) is 0 Å². The number of likely N-dealkylation sites (tertiary alicyclic amines) is 2. The molecule has 27 heavy (non-hydrogen) atoms. The number of piperidine rings is 1. The topological polar surface area (TPSA) is 40.6 Å². The van der Waals surface area contributed by atoms with E-state index in [2.05, 4.69) is 19.1 Å². The fraction of sp³-hybridized carbons (Fsp3) is 0.391. The summed E-state index contributed by atoms with van der Waals surface area (Å²) >= 11 is 0. The predicted molar refractivity (Wildman–Crippen MR) is 106 cm³/mol. The quantitative estimate of drug-likeness (QED) is 0.816. The molecule has 2 aromatic rings. The van der Waals surface area contributed by atoms with Gasteiger partial charge in [-0.15, -0.1) is 0 Å². The van der Waals surface area contributed by atoms with Gasteiger partial charge in [-0.25, -0.2) is 0 Å². The summed E-state index contributed by atoms with van der Waals surface area (Å²) in [5, 5.41) is 0. The highest BCUT2D eigenvalue weighted by Crippen LogP contribution is 2.40. The lowest BCUT2D eigenvalue weighted by Gasteiger charge is -2.37. The summed E-state index contributed by atoms with van der Waals surface area (Å²) in [6.07, 6.45) is 2.69. The first-order chi connectivity index (χ1) is 13.0. The van der Waals surface area contributed by atoms with E-state index < -0.39 is 0 Å². The molecular formula is C23H26N2O2. The van der Waals surface area contributed by atoms with Gasteiger partial charge >= 0.3 is 0 Å². The van der Waals surface area contributed by atoms with Gasteiger partial charge in [-0.05, 0) is 55.0 Å². The Bertz CT molecular complexity index is 891. The van der Waals surface area contributed by atoms with Gasteiger partial charge in [0, 0.05) is 32.2 Å². The van der Waals surface area contributed by atoms with Crippen LogP contribution >= 0.6 is 0 Å². The van der Waals surface area contributed by atoms with Crippen LogP contribution in [0.25, 0.3) is 11.1 Å². The molecule has 1 spiro atoms. The van der Waals surface area contributed by atoms with Gasteiger partial charge in [0.15, 0.2) is 0 Å². The molecule has 2 heterocycles. The van der Waals surface area contributed by atoms with E-state index in [-0.39, 0.29) is 17.2 Å². The third kappa shape index (κ3) is 3.14. The Hall–Kier alpha value is -2.62. The molecule has 0 N–H and O–H groups in total. The molecule has 4 heteroatoms. The molecule has 4 rings (SSSR count). The van der Waals surface area contributed by atoms with Gasteiger partial charge in [-0.2, -0.15) is 0 Å². The Morgan fingerprint density at radius 1 is 1.04 bits per heavy atom. The number of hydrogen-bond acceptors (Lipinski definition) is 2. The average Bonchev–Trinajstić information content (AvgIpc) is 3.11. The molecule has 140 valence electrons. The minimum Gasteiger partial charge on any atom is -0.345 e. The average molecular weight is 362 g/mol. The predicted octanol–water partition coefficient (Wildman–Crippen LogP) is 3.75. The van der Waals surface area contributed by atoms with E-state index >= 15 is 0 Å². The monoisotopic (exact) mass is 362 g/mol. The smallest absolute Gasteiger partial charge is 0.253 e. The minimum absolute atomic E-state index is 0.0309. The molecule has 2 saturated heterocycles. The van der Waals surface area contributed by atoms with Crippen molar-refractivity contribution in [2.24, 2.45) is 5.41 Å². The number of nitrogens with zero attached hydrogens (tertiary/aromatic N) is 2. The van der Waals surface area contributed by atoms with E-state index in [9.17, 15) is 9.59 Å². The molecule has 0 radical (unpaired) electrons. The highest BCUT2D eigenvalue weighted by Gasteiger charge is 2.48. The number of carbonyl (C=O) groups is 2. The van der Waals surface area contributed by atoms with E-state index in [4.69, 9.17) is 0 Å². The number of aryl methyl sites for hydroxylation is 1. The first kappa shape index (κ1) is 17.8. The summed E-state index contributed by atoms with van der Waals surface area (Å²) in [6, 6.07) is 16.1. The van der Waals surface area contributed by atoms with Crippen molar-refractivity contribution in [2.45, 2.75) is 26.2 Å². The number of rotatable bonds is 2. The van der Waals surface area contributed by atoms with Crippen LogP contribution < -0.4 is 0 Å². The van der Waals surface area contributed by atoms with E-state index in [1.807, 2.05) is 53.2 Å². The Kier molecular flexibility index (Phi) is 4.50. The number of hydrogen-bond donors (Lipinski definition) is 0. The molecule has 2 aliphatic rings. The van der Waals surface area contributed by atoms with Crippen molar-refractivity contribution in [1.29, 1.82) is 0 Å². The van der Waals surface area contributed by atoms with Crippen LogP contribution in [0.15, 0.2) is 48.5 Å². The van der Waals surface area contributed by atoms with Gasteiger partial charge in [0.1, 0.15) is 0 Å². The lowest BCUT2D eigenvalue weighted by atomic mass is 9.78. The molecule has 0 bridgehead atoms. The largest absolute Gasteiger partial charge is 0.345 e. The summed E-state index contributed by atoms with van der Waals surface area (Å²) in [7, 11) is 1.87. The van der Waals surface area contributed by atoms with Gasteiger partial charge < -0.3 is 9.80 Å². The maximum absolute atomic E-state index is 13.1. The van der Waals surface area contributed by atoms with Crippen molar-refractivity contribution in [3.8, 4) is 11.1 Å². The Balaban J connectivity index is 1.57. The van der Waals surface area contributed by atoms with Crippen molar-refractivity contribution in [2.75, 3.05) is 26.7 Å². The van der Waals surface area contributed by atoms with Crippen LogP contribution in [0, 0.1) is 12.3 Å². The second-order valence-electron chi connectivity index (χ2n) is 7.98. The lowest BCUT2D eigenvalue weighted by Crippen LogP contribution is -2.48. The first-order valence-electron chi connectivity index (χ1n) is 9.71. The standard InChI is InChI=1S/C23H26N2O2/c1-17-7-3-4-10-20(17)18-8-5-9-19(15-18)21(26)25-14-12-23(16-25)11-6-13-24(2)22(23)27/h3-5,7-10,15H,6,11-14,16H2,1-2H3/t23-/m0/s1. The van der Waals surface area contributed by atoms with Gasteiger partial charge in [-0.1, -0.05) is 36.4 Å². The number of carbonyl (C=O) groups excluding carboxylic acids is 2. The summed E-state index contributed by atoms with van der Waals surface area (Å²) in [4.78, 5) is 29.5. The normalized spacial score (nSPS) is 22.5. The third-order valence-electron chi connectivity index (χ3n) is 6.16. The fourth-order valence-electron chi connectivity index (χ4n) is 4.59. The fourth-order valence-corrected chi connectivity index (χ4v) is 4.59. The molecule has 0 aliphatic carbocycles. The number of benzene rings is 2. The van der Waals surface area contributed by atoms with Crippen molar-refractivity contribution in [3.05, 3.63) is 59.7 Å². The van der Waals surface area contributed by atoms with Gasteiger partial charge in [0.25, 0.3) is 5.91 Å². The summed E-state index contributed by atoms with van der Waals surface area (Å²) in [5.74, 6) is 0.237. The van der Waals surface area contributed by atoms with E-state index in [1.165, 1.54) is 5.56 Å². The van der Waals surface area contributed by atoms with Crippen molar-refractivity contribution in [1.82, 2.24) is 9.80 Å². The van der Waals surface area contributed by atoms with Crippen LogP contribution in [-0.4, -0.2) is 48.3 Å². The summed E-state index contributed by atoms with van der Waals surface area (Å²) in [6.45, 7) is 4.11. The van der Waals surface area contributed by atoms with Crippen LogP contribution in [0.4, 0.5) is 0 Å². The Labute approximate surface area is 160 Å². The number of amides is 2. The second kappa shape index (κ2) is 6.84. The second-order valence-corrected chi connectivity index (χ2v) is 7.98. The maximum atomic E-state index is 13.1. The summed E-state index contributed by atoms with van der Waals surface area (Å²) in [5.41, 5.74) is 3.73. The molecule has 2 aliphatic heterocycles. The van der Waals surface area contributed by atoms with Crippen molar-refractivity contribution < 1.29 is 9.59 Å². The van der Waals surface area contributed by atoms with Crippen LogP contribution in [0.1, 0.15) is 35.2 Å². The van der Waals surface area contributed by atoms with Crippen LogP contribution in [-0.2, 0) is 4.79 Å². The van der Waals surface area contributed by atoms with Gasteiger partial charge in [0.05, 0.1) is 5.41 Å². The SMILES string of the molecule is Cc1ccccc1-c1cccc(C(=O)N2CC[C@@]3(CCCN(C)C3=O)C2)c1. The summed E-state index contributed by atoms with van der Waals surface area (Å²) < 4.78 is 0. The van der Waals surface area contributed by atoms with Crippen LogP contribution in [0.2, 0.25) is 0 Å². The molecule has 2 fully saturated rings. The minimum atomic E-state index is -0.365.